The van der Waals surface area contributed by atoms with Crippen molar-refractivity contribution in [2.45, 2.75) is 33.7 Å². The van der Waals surface area contributed by atoms with Crippen LogP contribution in [0, 0.1) is 11.2 Å². The molecular formula is C14H20BrFN2O. The molecule has 1 aromatic rings. The molecule has 0 heterocycles. The molecule has 0 aliphatic carbocycles. The highest BCUT2D eigenvalue weighted by molar-refractivity contribution is 9.10. The lowest BCUT2D eigenvalue weighted by Crippen LogP contribution is -2.43. The number of hydrogen-bond acceptors (Lipinski definition) is 2. The normalized spacial score (nSPS) is 13.2. The molecule has 1 amide bonds. The fraction of sp³-hybridized carbons (Fsp3) is 0.500. The van der Waals surface area contributed by atoms with E-state index in [0.29, 0.717) is 10.0 Å². The molecule has 0 saturated carbocycles. The van der Waals surface area contributed by atoms with Crippen molar-refractivity contribution in [2.24, 2.45) is 5.41 Å². The van der Waals surface area contributed by atoms with Gasteiger partial charge in [0.15, 0.2) is 0 Å². The summed E-state index contributed by atoms with van der Waals surface area (Å²) in [5.74, 6) is -0.712. The van der Waals surface area contributed by atoms with E-state index in [1.54, 1.807) is 11.9 Å². The van der Waals surface area contributed by atoms with Gasteiger partial charge in [0.05, 0.1) is 11.3 Å². The average Bonchev–Trinajstić information content (AvgIpc) is 2.29. The lowest BCUT2D eigenvalue weighted by molar-refractivity contribution is 0.0628. The summed E-state index contributed by atoms with van der Waals surface area (Å²) in [6, 6.07) is 2.63. The van der Waals surface area contributed by atoms with Gasteiger partial charge in [-0.25, -0.2) is 4.39 Å². The van der Waals surface area contributed by atoms with E-state index in [1.165, 1.54) is 12.1 Å². The molecule has 0 fully saturated rings. The van der Waals surface area contributed by atoms with E-state index < -0.39 is 5.82 Å². The van der Waals surface area contributed by atoms with Crippen LogP contribution < -0.4 is 5.73 Å². The first-order valence-corrected chi connectivity index (χ1v) is 6.86. The Morgan fingerprint density at radius 1 is 1.42 bits per heavy atom. The number of nitrogen functional groups attached to an aromatic ring is 1. The average molecular weight is 331 g/mol. The van der Waals surface area contributed by atoms with Gasteiger partial charge in [-0.05, 0) is 40.4 Å². The lowest BCUT2D eigenvalue weighted by Gasteiger charge is -2.35. The zero-order valence-corrected chi connectivity index (χ0v) is 13.5. The first-order valence-electron chi connectivity index (χ1n) is 6.07. The van der Waals surface area contributed by atoms with E-state index in [-0.39, 0.29) is 23.1 Å². The number of anilines is 1. The van der Waals surface area contributed by atoms with Crippen LogP contribution in [-0.4, -0.2) is 23.9 Å². The van der Waals surface area contributed by atoms with Crippen LogP contribution in [0.15, 0.2) is 16.6 Å². The van der Waals surface area contributed by atoms with Gasteiger partial charge >= 0.3 is 0 Å². The summed E-state index contributed by atoms with van der Waals surface area (Å²) in [4.78, 5) is 14.1. The third-order valence-electron chi connectivity index (χ3n) is 3.47. The van der Waals surface area contributed by atoms with Gasteiger partial charge in [-0.3, -0.25) is 4.79 Å². The van der Waals surface area contributed by atoms with Gasteiger partial charge in [-0.2, -0.15) is 0 Å². The Morgan fingerprint density at radius 2 is 1.95 bits per heavy atom. The van der Waals surface area contributed by atoms with E-state index in [0.717, 1.165) is 0 Å². The minimum Gasteiger partial charge on any atom is -0.396 e. The fourth-order valence-corrected chi connectivity index (χ4v) is 2.16. The second-order valence-electron chi connectivity index (χ2n) is 5.81. The number of halogens is 2. The molecule has 1 aromatic carbocycles. The van der Waals surface area contributed by atoms with E-state index in [9.17, 15) is 9.18 Å². The third-order valence-corrected chi connectivity index (χ3v) is 4.13. The van der Waals surface area contributed by atoms with Crippen molar-refractivity contribution in [3.05, 3.63) is 28.0 Å². The molecule has 0 saturated heterocycles. The van der Waals surface area contributed by atoms with Crippen molar-refractivity contribution in [1.82, 2.24) is 4.90 Å². The number of carbonyl (C=O) groups is 1. The zero-order chi connectivity index (χ0) is 15.0. The van der Waals surface area contributed by atoms with Gasteiger partial charge < -0.3 is 10.6 Å². The summed E-state index contributed by atoms with van der Waals surface area (Å²) in [6.45, 7) is 8.18. The number of hydrogen-bond donors (Lipinski definition) is 1. The van der Waals surface area contributed by atoms with E-state index in [1.807, 2.05) is 6.92 Å². The molecule has 19 heavy (non-hydrogen) atoms. The Balaban J connectivity index is 3.11. The minimum atomic E-state index is -0.532. The topological polar surface area (TPSA) is 46.3 Å². The van der Waals surface area contributed by atoms with Crippen LogP contribution in [0.25, 0.3) is 0 Å². The van der Waals surface area contributed by atoms with Crippen LogP contribution in [0.4, 0.5) is 10.1 Å². The molecule has 0 spiro atoms. The van der Waals surface area contributed by atoms with Crippen molar-refractivity contribution < 1.29 is 9.18 Å². The highest BCUT2D eigenvalue weighted by Crippen LogP contribution is 2.28. The molecule has 2 N–H and O–H groups in total. The number of carbonyl (C=O) groups excluding carboxylic acids is 1. The molecule has 1 rings (SSSR count). The Morgan fingerprint density at radius 3 is 2.42 bits per heavy atom. The molecule has 3 nitrogen and oxygen atoms in total. The third kappa shape index (κ3) is 3.47. The first-order chi connectivity index (χ1) is 8.55. The van der Waals surface area contributed by atoms with Crippen molar-refractivity contribution in [3.63, 3.8) is 0 Å². The monoisotopic (exact) mass is 330 g/mol. The van der Waals surface area contributed by atoms with E-state index >= 15 is 0 Å². The Hall–Kier alpha value is -1.10. The number of rotatable bonds is 2. The van der Waals surface area contributed by atoms with Crippen molar-refractivity contribution in [1.29, 1.82) is 0 Å². The fourth-order valence-electron chi connectivity index (χ4n) is 1.68. The highest BCUT2D eigenvalue weighted by Gasteiger charge is 2.28. The van der Waals surface area contributed by atoms with Crippen LogP contribution in [0.3, 0.4) is 0 Å². The standard InChI is InChI=1S/C14H20BrFN2O/c1-8(14(2,3)4)18(5)13(19)9-6-12(17)11(16)7-10(9)15/h6-8H,17H2,1-5H3. The van der Waals surface area contributed by atoms with E-state index in [4.69, 9.17) is 5.73 Å². The van der Waals surface area contributed by atoms with Gasteiger partial charge in [0, 0.05) is 17.6 Å². The number of benzene rings is 1. The van der Waals surface area contributed by atoms with Gasteiger partial charge in [0.1, 0.15) is 5.82 Å². The molecule has 106 valence electrons. The smallest absolute Gasteiger partial charge is 0.255 e. The second-order valence-corrected chi connectivity index (χ2v) is 6.67. The summed E-state index contributed by atoms with van der Waals surface area (Å²) in [6.07, 6.45) is 0. The van der Waals surface area contributed by atoms with Crippen molar-refractivity contribution in [2.75, 3.05) is 12.8 Å². The molecule has 0 bridgehead atoms. The highest BCUT2D eigenvalue weighted by atomic mass is 79.9. The molecule has 1 atom stereocenters. The van der Waals surface area contributed by atoms with Crippen molar-refractivity contribution >= 4 is 27.5 Å². The Kier molecular flexibility index (Phi) is 4.61. The lowest BCUT2D eigenvalue weighted by atomic mass is 9.87. The zero-order valence-electron chi connectivity index (χ0n) is 11.9. The molecule has 0 aliphatic rings. The molecular weight excluding hydrogens is 311 g/mol. The van der Waals surface area contributed by atoms with Crippen molar-refractivity contribution in [3.8, 4) is 0 Å². The predicted molar refractivity (Wildman–Crippen MR) is 79.5 cm³/mol. The Labute approximate surface area is 122 Å². The number of nitrogens with zero attached hydrogens (tertiary/aromatic N) is 1. The predicted octanol–water partition coefficient (Wildman–Crippen LogP) is 3.68. The second kappa shape index (κ2) is 5.49. The van der Waals surface area contributed by atoms with Crippen LogP contribution in [0.1, 0.15) is 38.1 Å². The maximum atomic E-state index is 13.3. The van der Waals surface area contributed by atoms with Crippen LogP contribution in [-0.2, 0) is 0 Å². The van der Waals surface area contributed by atoms with Gasteiger partial charge in [-0.1, -0.05) is 20.8 Å². The van der Waals surface area contributed by atoms with E-state index in [2.05, 4.69) is 36.7 Å². The summed E-state index contributed by atoms with van der Waals surface area (Å²) in [7, 11) is 1.74. The summed E-state index contributed by atoms with van der Waals surface area (Å²) < 4.78 is 13.7. The molecule has 5 heteroatoms. The summed E-state index contributed by atoms with van der Waals surface area (Å²) >= 11 is 3.21. The molecule has 0 aromatic heterocycles. The van der Waals surface area contributed by atoms with Gasteiger partial charge in [0.2, 0.25) is 0 Å². The molecule has 0 radical (unpaired) electrons. The summed E-state index contributed by atoms with van der Waals surface area (Å²) in [5, 5.41) is 0. The molecule has 1 unspecified atom stereocenters. The largest absolute Gasteiger partial charge is 0.396 e. The van der Waals surface area contributed by atoms with Crippen LogP contribution in [0.2, 0.25) is 0 Å². The Bertz CT molecular complexity index is 497. The maximum Gasteiger partial charge on any atom is 0.255 e. The SMILES string of the molecule is CC(N(C)C(=O)c1cc(N)c(F)cc1Br)C(C)(C)C. The molecule has 0 aliphatic heterocycles. The summed E-state index contributed by atoms with van der Waals surface area (Å²) in [5.41, 5.74) is 5.83. The number of nitrogens with two attached hydrogens (primary N) is 1. The van der Waals surface area contributed by atoms with Crippen LogP contribution >= 0.6 is 15.9 Å². The first kappa shape index (κ1) is 16.0. The van der Waals surface area contributed by atoms with Gasteiger partial charge in [-0.15, -0.1) is 0 Å². The van der Waals surface area contributed by atoms with Gasteiger partial charge in [0.25, 0.3) is 5.91 Å². The minimum absolute atomic E-state index is 0.0247. The van der Waals surface area contributed by atoms with Crippen LogP contribution in [0.5, 0.6) is 0 Å². The number of amides is 1. The maximum absolute atomic E-state index is 13.3. The quantitative estimate of drug-likeness (QED) is 0.841.